The fourth-order valence-electron chi connectivity index (χ4n) is 20.7. The third-order valence-electron chi connectivity index (χ3n) is 28.7. The van der Waals surface area contributed by atoms with Gasteiger partial charge in [-0.2, -0.15) is 0 Å². The van der Waals surface area contributed by atoms with Crippen LogP contribution in [0, 0.1) is 42.2 Å². The van der Waals surface area contributed by atoms with Crippen molar-refractivity contribution < 1.29 is 95.2 Å². The molecule has 11 aromatic carbocycles. The molecular weight excluding hydrogens is 1760 g/mol. The van der Waals surface area contributed by atoms with Gasteiger partial charge in [-0.25, -0.2) is 8.78 Å². The summed E-state index contributed by atoms with van der Waals surface area (Å²) in [6.07, 6.45) is 11.5. The molecule has 4 fully saturated rings. The molecule has 3 N–H and O–H groups in total. The standard InChI is InChI=1S/C30H34FNO5.C30H32FNO4.C30H35NO5.C25H33NO4/c1-34-29(35-2)22-12-15-32(16-13-22)27-11-8-23(18-26(27)31)30(33)14-17-36-28-19-24(9-10-25(28)30)37-20-21-6-4-3-5-7-21;1-33-30(34-2)22-12-15-32(16-13-22)28-11-8-23(18-27(28)31)25-14-17-35-29-19-24(9-10-26(25)29)36-20-21-6-4-3-5-7-21;1-33-29(34-2)23-14-17-31(18-15-23)25-10-8-24(9-11-25)30(32)16-19-35-28-20-26(12-13-27(28)30)36-21-22-6-4-3-5-7-22;1-18-4-9-22-23(16-18)30-15-12-25(22,27)20-5-7-21(8-6-20)26-13-10-19(11-14-26)17-24(28-2)29-3/h3-11,18-19,22,29,33H,12-17,20H2,1-2H3;3-11,14,18-19,22,30H,12-13,15-17,20H2,1-2H3;3-13,20,23,29,32H,14-19,21H2,1-2H3;4-9,16,19,24,27H,10-15,17H2,1-3H3. The van der Waals surface area contributed by atoms with Crippen molar-refractivity contribution in [3.63, 3.8) is 0 Å². The SMILES string of the molecule is COC(CC1CCN(c2ccc(C3(O)CCOc4cc(C)ccc43)cc2)CC1)OC.COC(OC)C1CCN(c2ccc(C3(O)CCOc4cc(OCc5ccccc5)ccc43)cc2)CC1.COC(OC)C1CCN(c2ccc(C3(O)CCOc4cc(OCc5ccccc5)ccc43)cc2F)CC1.COC(OC)C1CCN(c2ccc(C3=CCOc4cc(OCc5ccccc5)ccc43)cc2F)CC1. The van der Waals surface area contributed by atoms with Crippen LogP contribution in [0.1, 0.15) is 144 Å². The molecule has 0 radical (unpaired) electrons. The maximum atomic E-state index is 15.4. The third-order valence-corrected chi connectivity index (χ3v) is 28.7. The molecule has 3 atom stereocenters. The lowest BCUT2D eigenvalue weighted by Gasteiger charge is -2.37. The average molecular weight is 1900 g/mol. The lowest BCUT2D eigenvalue weighted by Crippen LogP contribution is -2.39. The quantitative estimate of drug-likeness (QED) is 0.0357. The van der Waals surface area contributed by atoms with Gasteiger partial charge in [0.05, 0.1) is 31.2 Å². The van der Waals surface area contributed by atoms with Crippen LogP contribution in [-0.4, -0.2) is 176 Å². The second-order valence-electron chi connectivity index (χ2n) is 37.1. The minimum absolute atomic E-state index is 0.104. The van der Waals surface area contributed by atoms with E-state index in [0.29, 0.717) is 123 Å². The summed E-state index contributed by atoms with van der Waals surface area (Å²) in [5.41, 5.74) is 11.9. The van der Waals surface area contributed by atoms with Crippen LogP contribution in [-0.2, 0) is 74.5 Å². The summed E-state index contributed by atoms with van der Waals surface area (Å²) in [5, 5.41) is 35.1. The topological polar surface area (TPSA) is 212 Å². The Kier molecular flexibility index (Phi) is 34.3. The van der Waals surface area contributed by atoms with Gasteiger partial charge in [-0.15, -0.1) is 0 Å². The van der Waals surface area contributed by atoms with E-state index in [2.05, 4.69) is 56.0 Å². The lowest BCUT2D eigenvalue weighted by atomic mass is 9.81. The number of rotatable bonds is 30. The Morgan fingerprint density at radius 3 is 1.12 bits per heavy atom. The zero-order valence-corrected chi connectivity index (χ0v) is 81.5. The zero-order chi connectivity index (χ0) is 96.8. The van der Waals surface area contributed by atoms with Crippen LogP contribution in [0.5, 0.6) is 40.2 Å². The fraction of sp³-hybridized carbons (Fsp3) is 0.409. The van der Waals surface area contributed by atoms with Gasteiger partial charge in [0.1, 0.15) is 95.1 Å². The summed E-state index contributed by atoms with van der Waals surface area (Å²) in [6, 6.07) is 80.4. The summed E-state index contributed by atoms with van der Waals surface area (Å²) in [7, 11) is 13.5. The molecule has 3 unspecified atom stereocenters. The molecule has 0 spiro atoms. The highest BCUT2D eigenvalue weighted by atomic mass is 19.1. The second kappa shape index (κ2) is 47.6. The van der Waals surface area contributed by atoms with Crippen LogP contribution >= 0.6 is 0 Å². The Morgan fingerprint density at radius 1 is 0.353 bits per heavy atom. The minimum atomic E-state index is -1.35. The van der Waals surface area contributed by atoms with Crippen molar-refractivity contribution in [2.75, 3.05) is 155 Å². The molecule has 736 valence electrons. The number of hydrogen-bond donors (Lipinski definition) is 3. The first-order valence-corrected chi connectivity index (χ1v) is 48.8. The summed E-state index contributed by atoms with van der Waals surface area (Å²) in [6.45, 7) is 12.1. The van der Waals surface area contributed by atoms with Gasteiger partial charge in [0.15, 0.2) is 25.2 Å². The van der Waals surface area contributed by atoms with Crippen molar-refractivity contribution in [1.29, 1.82) is 0 Å². The number of nitrogens with zero attached hydrogens (tertiary/aromatic N) is 4. The van der Waals surface area contributed by atoms with E-state index >= 15 is 8.78 Å². The maximum absolute atomic E-state index is 15.4. The van der Waals surface area contributed by atoms with Crippen LogP contribution in [0.25, 0.3) is 5.57 Å². The zero-order valence-electron chi connectivity index (χ0n) is 81.5. The van der Waals surface area contributed by atoms with Gasteiger partial charge < -0.3 is 106 Å². The van der Waals surface area contributed by atoms with Crippen molar-refractivity contribution >= 4 is 28.3 Å². The van der Waals surface area contributed by atoms with Gasteiger partial charge in [0, 0.05) is 205 Å². The Labute approximate surface area is 817 Å². The van der Waals surface area contributed by atoms with Gasteiger partial charge >= 0.3 is 0 Å². The highest BCUT2D eigenvalue weighted by Crippen LogP contribution is 2.49. The van der Waals surface area contributed by atoms with Gasteiger partial charge in [0.25, 0.3) is 0 Å². The lowest BCUT2D eigenvalue weighted by molar-refractivity contribution is -0.141. The highest BCUT2D eigenvalue weighted by molar-refractivity contribution is 5.85. The van der Waals surface area contributed by atoms with Gasteiger partial charge in [-0.05, 0) is 211 Å². The first-order chi connectivity index (χ1) is 67.8. The number of aliphatic hydroxyl groups is 3. The number of benzene rings is 11. The monoisotopic (exact) mass is 1900 g/mol. The van der Waals surface area contributed by atoms with E-state index in [9.17, 15) is 15.3 Å². The molecule has 0 aliphatic carbocycles. The van der Waals surface area contributed by atoms with Gasteiger partial charge in [0.2, 0.25) is 0 Å². The molecule has 8 aliphatic heterocycles. The number of anilines is 4. The Hall–Kier alpha value is -11.6. The van der Waals surface area contributed by atoms with Gasteiger partial charge in [-0.1, -0.05) is 140 Å². The van der Waals surface area contributed by atoms with Crippen molar-refractivity contribution in [3.05, 3.63) is 333 Å². The van der Waals surface area contributed by atoms with E-state index in [-0.39, 0.29) is 42.7 Å². The fourth-order valence-corrected chi connectivity index (χ4v) is 20.7. The number of ether oxygens (including phenoxy) is 15. The maximum Gasteiger partial charge on any atom is 0.159 e. The average Bonchev–Trinajstić information content (AvgIpc) is 0.747. The number of hydrogen-bond acceptors (Lipinski definition) is 22. The molecule has 0 aromatic heterocycles. The molecule has 11 aromatic rings. The van der Waals surface area contributed by atoms with Crippen LogP contribution in [0.4, 0.5) is 31.5 Å². The first-order valence-electron chi connectivity index (χ1n) is 48.8. The summed E-state index contributed by atoms with van der Waals surface area (Å²) < 4.78 is 115. The molecule has 24 heteroatoms. The number of fused-ring (bicyclic) bond motifs is 4. The third kappa shape index (κ3) is 24.2. The predicted molar refractivity (Wildman–Crippen MR) is 536 cm³/mol. The number of piperidine rings is 4. The van der Waals surface area contributed by atoms with Gasteiger partial charge in [-0.3, -0.25) is 0 Å². The highest BCUT2D eigenvalue weighted by Gasteiger charge is 2.43. The normalized spacial score (nSPS) is 19.4. The molecule has 22 nitrogen and oxygen atoms in total. The Balaban J connectivity index is 0.000000134. The largest absolute Gasteiger partial charge is 0.493 e. The van der Waals surface area contributed by atoms with Crippen molar-refractivity contribution in [1.82, 2.24) is 0 Å². The molecule has 19 rings (SSSR count). The molecular formula is C115H134F2N4O18. The van der Waals surface area contributed by atoms with Crippen LogP contribution in [0.15, 0.2) is 255 Å². The number of methoxy groups -OCH3 is 8. The van der Waals surface area contributed by atoms with Crippen LogP contribution in [0.2, 0.25) is 0 Å². The van der Waals surface area contributed by atoms with Crippen molar-refractivity contribution in [2.45, 2.75) is 146 Å². The molecule has 4 saturated heterocycles. The molecule has 8 aliphatic rings. The van der Waals surface area contributed by atoms with E-state index < -0.39 is 16.8 Å². The Morgan fingerprint density at radius 2 is 0.712 bits per heavy atom. The summed E-state index contributed by atoms with van der Waals surface area (Å²) in [4.78, 5) is 8.98. The van der Waals surface area contributed by atoms with E-state index in [0.717, 1.165) is 194 Å². The van der Waals surface area contributed by atoms with Crippen LogP contribution in [0.3, 0.4) is 0 Å². The van der Waals surface area contributed by atoms with Crippen LogP contribution < -0.4 is 52.8 Å². The van der Waals surface area contributed by atoms with E-state index in [1.807, 2.05) is 201 Å². The molecule has 0 amide bonds. The van der Waals surface area contributed by atoms with Crippen molar-refractivity contribution in [2.24, 2.45) is 23.7 Å². The number of aryl methyl sites for hydroxylation is 1. The predicted octanol–water partition coefficient (Wildman–Crippen LogP) is 20.7. The first kappa shape index (κ1) is 100. The van der Waals surface area contributed by atoms with E-state index in [1.54, 1.807) is 75.1 Å². The second-order valence-corrected chi connectivity index (χ2v) is 37.1. The number of halogens is 2. The Bertz CT molecular complexity index is 5760. The molecule has 139 heavy (non-hydrogen) atoms. The molecule has 8 heterocycles. The van der Waals surface area contributed by atoms with E-state index in [4.69, 9.17) is 71.1 Å². The molecule has 0 saturated carbocycles. The van der Waals surface area contributed by atoms with Crippen molar-refractivity contribution in [3.8, 4) is 40.2 Å². The smallest absolute Gasteiger partial charge is 0.159 e. The summed E-state index contributed by atoms with van der Waals surface area (Å²) in [5.74, 6) is 5.99. The molecule has 0 bridgehead atoms. The van der Waals surface area contributed by atoms with E-state index in [1.165, 1.54) is 17.4 Å². The minimum Gasteiger partial charge on any atom is -0.493 e. The summed E-state index contributed by atoms with van der Waals surface area (Å²) >= 11 is 0.